The Bertz CT molecular complexity index is 717. The normalized spacial score (nSPS) is 14.5. The summed E-state index contributed by atoms with van der Waals surface area (Å²) in [6.45, 7) is 3.21. The van der Waals surface area contributed by atoms with E-state index in [-0.39, 0.29) is 6.42 Å². The third-order valence-corrected chi connectivity index (χ3v) is 4.89. The van der Waals surface area contributed by atoms with E-state index in [1.165, 1.54) is 11.8 Å². The largest absolute Gasteiger partial charge is 0.481 e. The van der Waals surface area contributed by atoms with Crippen molar-refractivity contribution in [2.45, 2.75) is 57.3 Å². The summed E-state index contributed by atoms with van der Waals surface area (Å²) in [4.78, 5) is 70.8. The second-order valence-corrected chi connectivity index (χ2v) is 8.33. The Morgan fingerprint density at radius 3 is 1.84 bits per heavy atom. The molecule has 4 unspecified atom stereocenters. The smallest absolute Gasteiger partial charge is 0.326 e. The molecule has 182 valence electrons. The van der Waals surface area contributed by atoms with E-state index in [0.29, 0.717) is 5.75 Å². The Morgan fingerprint density at radius 1 is 0.875 bits per heavy atom. The molecule has 13 nitrogen and oxygen atoms in total. The minimum atomic E-state index is -1.51. The van der Waals surface area contributed by atoms with Crippen LogP contribution < -0.4 is 27.4 Å². The van der Waals surface area contributed by atoms with Crippen molar-refractivity contribution in [3.8, 4) is 0 Å². The van der Waals surface area contributed by atoms with Gasteiger partial charge in [0.2, 0.25) is 23.6 Å². The summed E-state index contributed by atoms with van der Waals surface area (Å²) in [7, 11) is 0. The molecule has 9 N–H and O–H groups in total. The van der Waals surface area contributed by atoms with E-state index in [0.717, 1.165) is 0 Å². The predicted octanol–water partition coefficient (Wildman–Crippen LogP) is -2.39. The lowest BCUT2D eigenvalue weighted by atomic mass is 10.0. The maximum Gasteiger partial charge on any atom is 0.326 e. The van der Waals surface area contributed by atoms with Gasteiger partial charge in [0, 0.05) is 0 Å². The van der Waals surface area contributed by atoms with Gasteiger partial charge in [-0.2, -0.15) is 11.8 Å². The summed E-state index contributed by atoms with van der Waals surface area (Å²) in [6.07, 6.45) is 0.573. The van der Waals surface area contributed by atoms with Crippen LogP contribution in [0.15, 0.2) is 0 Å². The predicted molar refractivity (Wildman–Crippen MR) is 115 cm³/mol. The van der Waals surface area contributed by atoms with Crippen molar-refractivity contribution in [3.05, 3.63) is 0 Å². The third kappa shape index (κ3) is 10.9. The molecule has 0 fully saturated rings. The van der Waals surface area contributed by atoms with Crippen molar-refractivity contribution in [3.63, 3.8) is 0 Å². The number of nitrogens with one attached hydrogen (secondary N) is 3. The number of nitrogens with two attached hydrogens (primary N) is 2. The van der Waals surface area contributed by atoms with E-state index in [1.54, 1.807) is 20.1 Å². The van der Waals surface area contributed by atoms with Crippen molar-refractivity contribution in [1.29, 1.82) is 0 Å². The van der Waals surface area contributed by atoms with Gasteiger partial charge in [-0.15, -0.1) is 0 Å². The number of carbonyl (C=O) groups excluding carboxylic acids is 4. The van der Waals surface area contributed by atoms with Crippen molar-refractivity contribution >= 4 is 47.3 Å². The van der Waals surface area contributed by atoms with Crippen LogP contribution in [-0.4, -0.2) is 82.0 Å². The van der Waals surface area contributed by atoms with Crippen LogP contribution in [0.4, 0.5) is 0 Å². The summed E-state index contributed by atoms with van der Waals surface area (Å²) in [5.41, 5.74) is 10.6. The first-order chi connectivity index (χ1) is 14.8. The summed E-state index contributed by atoms with van der Waals surface area (Å²) in [5, 5.41) is 24.9. The van der Waals surface area contributed by atoms with Crippen molar-refractivity contribution in [2.24, 2.45) is 17.4 Å². The lowest BCUT2D eigenvalue weighted by Gasteiger charge is -2.25. The van der Waals surface area contributed by atoms with Gasteiger partial charge in [0.25, 0.3) is 0 Å². The Hall–Kier alpha value is -2.87. The van der Waals surface area contributed by atoms with Crippen LogP contribution in [0.2, 0.25) is 0 Å². The fraction of sp³-hybridized carbons (Fsp3) is 0.667. The molecule has 0 saturated carbocycles. The van der Waals surface area contributed by atoms with E-state index >= 15 is 0 Å². The van der Waals surface area contributed by atoms with Gasteiger partial charge in [-0.3, -0.25) is 24.0 Å². The number of hydrogen-bond donors (Lipinski definition) is 7. The van der Waals surface area contributed by atoms with Crippen LogP contribution in [0.25, 0.3) is 0 Å². The lowest BCUT2D eigenvalue weighted by Crippen LogP contribution is -2.58. The molecule has 0 aromatic carbocycles. The number of primary amides is 1. The molecule has 0 aliphatic carbocycles. The monoisotopic (exact) mass is 477 g/mol. The van der Waals surface area contributed by atoms with E-state index in [4.69, 9.17) is 16.6 Å². The van der Waals surface area contributed by atoms with E-state index in [2.05, 4.69) is 16.0 Å². The van der Waals surface area contributed by atoms with Crippen LogP contribution in [0.5, 0.6) is 0 Å². The van der Waals surface area contributed by atoms with Gasteiger partial charge in [-0.25, -0.2) is 4.79 Å². The number of carbonyl (C=O) groups is 6. The Morgan fingerprint density at radius 2 is 1.41 bits per heavy atom. The highest BCUT2D eigenvalue weighted by atomic mass is 32.2. The number of thioether (sulfide) groups is 1. The molecule has 14 heteroatoms. The summed E-state index contributed by atoms with van der Waals surface area (Å²) >= 11 is 1.38. The Balaban J connectivity index is 5.48. The molecule has 0 rings (SSSR count). The minimum Gasteiger partial charge on any atom is -0.481 e. The molecule has 0 saturated heterocycles. The van der Waals surface area contributed by atoms with Crippen LogP contribution in [-0.2, 0) is 28.8 Å². The molecule has 0 aliphatic rings. The molecule has 0 radical (unpaired) electrons. The third-order valence-electron chi connectivity index (χ3n) is 4.24. The second kappa shape index (κ2) is 14.2. The van der Waals surface area contributed by atoms with Gasteiger partial charge in [0.05, 0.1) is 18.9 Å². The average Bonchev–Trinajstić information content (AvgIpc) is 2.66. The fourth-order valence-corrected chi connectivity index (χ4v) is 2.99. The van der Waals surface area contributed by atoms with Crippen molar-refractivity contribution in [1.82, 2.24) is 16.0 Å². The highest BCUT2D eigenvalue weighted by molar-refractivity contribution is 7.98. The number of carboxylic acids is 2. The Kier molecular flexibility index (Phi) is 13.0. The van der Waals surface area contributed by atoms with Crippen LogP contribution in [0.1, 0.15) is 33.1 Å². The highest BCUT2D eigenvalue weighted by Gasteiger charge is 2.32. The van der Waals surface area contributed by atoms with E-state index in [1.807, 2.05) is 0 Å². The molecule has 4 amide bonds. The fourth-order valence-electron chi connectivity index (χ4n) is 2.51. The van der Waals surface area contributed by atoms with E-state index in [9.17, 15) is 33.9 Å². The van der Waals surface area contributed by atoms with Gasteiger partial charge in [-0.1, -0.05) is 13.8 Å². The quantitative estimate of drug-likeness (QED) is 0.132. The van der Waals surface area contributed by atoms with Gasteiger partial charge in [0.15, 0.2) is 0 Å². The number of carboxylic acid groups (broad SMARTS) is 2. The Labute approximate surface area is 189 Å². The summed E-state index contributed by atoms with van der Waals surface area (Å²) in [6, 6.07) is -5.33. The first-order valence-corrected chi connectivity index (χ1v) is 11.1. The van der Waals surface area contributed by atoms with Gasteiger partial charge in [0.1, 0.15) is 18.1 Å². The SMILES string of the molecule is CSCCC(NC(=O)C(CC(N)=O)NC(=O)C(N)CC(=O)O)C(=O)NC(C(=O)O)C(C)C. The molecule has 0 aliphatic heterocycles. The molecule has 0 bridgehead atoms. The lowest BCUT2D eigenvalue weighted by molar-refractivity contribution is -0.143. The summed E-state index contributed by atoms with van der Waals surface area (Å²) < 4.78 is 0. The number of aliphatic carboxylic acids is 2. The van der Waals surface area contributed by atoms with Crippen LogP contribution >= 0.6 is 11.8 Å². The van der Waals surface area contributed by atoms with Crippen molar-refractivity contribution < 1.29 is 39.0 Å². The van der Waals surface area contributed by atoms with E-state index < -0.39 is 78.5 Å². The standard InChI is InChI=1S/C18H31N5O8S/c1-8(2)14(18(30)31)23-16(28)10(4-5-32-3)21-17(29)11(7-12(20)24)22-15(27)9(19)6-13(25)26/h8-11,14H,4-7,19H2,1-3H3,(H2,20,24)(H,21,29)(H,22,27)(H,23,28)(H,25,26)(H,30,31). The zero-order chi connectivity index (χ0) is 25.0. The average molecular weight is 478 g/mol. The molecule has 0 aromatic rings. The second-order valence-electron chi connectivity index (χ2n) is 7.35. The van der Waals surface area contributed by atoms with Crippen LogP contribution in [0, 0.1) is 5.92 Å². The molecule has 0 aromatic heterocycles. The molecular weight excluding hydrogens is 446 g/mol. The summed E-state index contributed by atoms with van der Waals surface area (Å²) in [5.74, 6) is -6.18. The first kappa shape index (κ1) is 29.1. The number of amides is 4. The molecule has 0 spiro atoms. The maximum atomic E-state index is 12.7. The van der Waals surface area contributed by atoms with Gasteiger partial charge in [-0.05, 0) is 24.3 Å². The zero-order valence-electron chi connectivity index (χ0n) is 18.1. The number of hydrogen-bond acceptors (Lipinski definition) is 8. The topological polar surface area (TPSA) is 231 Å². The molecule has 32 heavy (non-hydrogen) atoms. The van der Waals surface area contributed by atoms with Crippen molar-refractivity contribution in [2.75, 3.05) is 12.0 Å². The molecular formula is C18H31N5O8S. The highest BCUT2D eigenvalue weighted by Crippen LogP contribution is 2.07. The van der Waals surface area contributed by atoms with Gasteiger partial charge >= 0.3 is 11.9 Å². The first-order valence-electron chi connectivity index (χ1n) is 9.68. The van der Waals surface area contributed by atoms with Crippen LogP contribution in [0.3, 0.4) is 0 Å². The minimum absolute atomic E-state index is 0.138. The van der Waals surface area contributed by atoms with Gasteiger partial charge < -0.3 is 37.6 Å². The molecule has 4 atom stereocenters. The zero-order valence-corrected chi connectivity index (χ0v) is 18.9. The maximum absolute atomic E-state index is 12.7. The molecule has 0 heterocycles. The number of rotatable bonds is 15.